The first-order chi connectivity index (χ1) is 21.1. The van der Waals surface area contributed by atoms with E-state index in [9.17, 15) is 14.7 Å². The van der Waals surface area contributed by atoms with Crippen molar-refractivity contribution < 1.29 is 24.2 Å². The number of nitrogens with zero attached hydrogens (tertiary/aromatic N) is 1. The first-order valence-corrected chi connectivity index (χ1v) is 15.6. The predicted octanol–water partition coefficient (Wildman–Crippen LogP) is 8.40. The summed E-state index contributed by atoms with van der Waals surface area (Å²) in [5, 5.41) is 14.4. The lowest BCUT2D eigenvalue weighted by atomic mass is 9.87. The molecule has 1 aliphatic rings. The summed E-state index contributed by atoms with van der Waals surface area (Å²) in [4.78, 5) is 30.2. The topological polar surface area (TPSA) is 97.8 Å². The lowest BCUT2D eigenvalue weighted by Crippen LogP contribution is -2.31. The maximum atomic E-state index is 13.6. The fourth-order valence-electron chi connectivity index (χ4n) is 5.90. The number of hydrogen-bond donors (Lipinski definition) is 2. The molecule has 0 bridgehead atoms. The Balaban J connectivity index is 1.43. The van der Waals surface area contributed by atoms with Crippen LogP contribution in [-0.4, -0.2) is 28.6 Å². The highest BCUT2D eigenvalue weighted by Gasteiger charge is 2.23. The first kappa shape index (κ1) is 31.0. The number of carbonyl (C=O) groups excluding carboxylic acids is 1. The van der Waals surface area contributed by atoms with Crippen LogP contribution in [0.5, 0.6) is 17.2 Å². The molecule has 1 amide bonds. The molecule has 4 aromatic rings. The van der Waals surface area contributed by atoms with Crippen LogP contribution >= 0.6 is 0 Å². The van der Waals surface area contributed by atoms with Gasteiger partial charge in [-0.2, -0.15) is 0 Å². The first-order valence-electron chi connectivity index (χ1n) is 15.6. The van der Waals surface area contributed by atoms with Crippen LogP contribution in [0.15, 0.2) is 72.8 Å². The molecule has 5 rings (SSSR count). The number of carbonyl (C=O) groups is 2. The van der Waals surface area contributed by atoms with Gasteiger partial charge in [0.05, 0.1) is 19.1 Å². The summed E-state index contributed by atoms with van der Waals surface area (Å²) in [6.45, 7) is 8.99. The molecule has 1 atom stereocenters. The van der Waals surface area contributed by atoms with Crippen LogP contribution in [0.1, 0.15) is 93.2 Å². The summed E-state index contributed by atoms with van der Waals surface area (Å²) in [5.41, 5.74) is 3.13. The van der Waals surface area contributed by atoms with Gasteiger partial charge in [-0.1, -0.05) is 76.8 Å². The van der Waals surface area contributed by atoms with Crippen LogP contribution in [0.3, 0.4) is 0 Å². The van der Waals surface area contributed by atoms with E-state index in [0.717, 1.165) is 41.5 Å². The molecule has 2 N–H and O–H groups in total. The van der Waals surface area contributed by atoms with Gasteiger partial charge in [0.1, 0.15) is 22.9 Å². The monoisotopic (exact) mass is 594 g/mol. The molecule has 3 aromatic carbocycles. The molecule has 0 aliphatic heterocycles. The zero-order chi connectivity index (χ0) is 31.3. The molecule has 7 nitrogen and oxygen atoms in total. The van der Waals surface area contributed by atoms with Gasteiger partial charge in [0.25, 0.3) is 5.91 Å². The summed E-state index contributed by atoms with van der Waals surface area (Å²) < 4.78 is 11.8. The minimum Gasteiger partial charge on any atom is -0.494 e. The fourth-order valence-corrected chi connectivity index (χ4v) is 5.90. The van der Waals surface area contributed by atoms with Gasteiger partial charge < -0.3 is 19.9 Å². The number of amides is 1. The molecule has 7 heteroatoms. The lowest BCUT2D eigenvalue weighted by molar-refractivity contribution is -0.137. The highest BCUT2D eigenvalue weighted by atomic mass is 16.5. The maximum absolute atomic E-state index is 13.6. The van der Waals surface area contributed by atoms with Crippen molar-refractivity contribution in [2.24, 2.45) is 5.92 Å². The van der Waals surface area contributed by atoms with E-state index >= 15 is 0 Å². The van der Waals surface area contributed by atoms with Gasteiger partial charge in [-0.25, -0.2) is 4.98 Å². The average Bonchev–Trinajstić information content (AvgIpc) is 3.50. The zero-order valence-corrected chi connectivity index (χ0v) is 26.1. The Hall–Kier alpha value is -4.39. The van der Waals surface area contributed by atoms with Gasteiger partial charge in [-0.05, 0) is 83.7 Å². The second kappa shape index (κ2) is 13.5. The van der Waals surface area contributed by atoms with Crippen LogP contribution in [0.4, 0.5) is 0 Å². The summed E-state index contributed by atoms with van der Waals surface area (Å²) >= 11 is 0. The third-order valence-electron chi connectivity index (χ3n) is 8.31. The van der Waals surface area contributed by atoms with Gasteiger partial charge >= 0.3 is 5.97 Å². The smallest absolute Gasteiger partial charge is 0.305 e. The van der Waals surface area contributed by atoms with Gasteiger partial charge in [-0.3, -0.25) is 9.59 Å². The van der Waals surface area contributed by atoms with Crippen molar-refractivity contribution in [3.8, 4) is 17.2 Å². The predicted molar refractivity (Wildman–Crippen MR) is 173 cm³/mol. The highest BCUT2D eigenvalue weighted by Crippen LogP contribution is 2.33. The van der Waals surface area contributed by atoms with E-state index in [1.54, 1.807) is 30.3 Å². The van der Waals surface area contributed by atoms with Crippen molar-refractivity contribution in [2.45, 2.75) is 77.7 Å². The standard InChI is InChI=1S/C37H42N2O5/c1-5-43-28-15-10-25(11-16-28)32(23-35(40)41)39-36(42)34-21-26-12-17-30(44-29-18-13-27(14-19-29)37(2,3)4)22-31(26)33(38-34)20-24-8-6-7-9-24/h10-19,21-22,24,32H,5-9,20,23H2,1-4H3,(H,39,42)(H,40,41). The highest BCUT2D eigenvalue weighted by molar-refractivity contribution is 5.98. The van der Waals surface area contributed by atoms with E-state index in [1.165, 1.54) is 18.4 Å². The van der Waals surface area contributed by atoms with Crippen molar-refractivity contribution in [3.05, 3.63) is 95.3 Å². The van der Waals surface area contributed by atoms with Gasteiger partial charge in [0.15, 0.2) is 0 Å². The van der Waals surface area contributed by atoms with Crippen molar-refractivity contribution in [1.29, 1.82) is 0 Å². The SMILES string of the molecule is CCOc1ccc(C(CC(=O)O)NC(=O)c2cc3ccc(Oc4ccc(C(C)(C)C)cc4)cc3c(CC3CCCC3)n2)cc1. The lowest BCUT2D eigenvalue weighted by Gasteiger charge is -2.19. The third-order valence-corrected chi connectivity index (χ3v) is 8.31. The molecule has 230 valence electrons. The number of aromatic nitrogens is 1. The maximum Gasteiger partial charge on any atom is 0.305 e. The number of carboxylic acids is 1. The minimum absolute atomic E-state index is 0.0636. The molecule has 1 aliphatic carbocycles. The molecule has 0 spiro atoms. The number of carboxylic acid groups (broad SMARTS) is 1. The molecule has 1 unspecified atom stereocenters. The van der Waals surface area contributed by atoms with E-state index in [1.807, 2.05) is 37.3 Å². The molecule has 0 saturated heterocycles. The summed E-state index contributed by atoms with van der Waals surface area (Å²) in [6.07, 6.45) is 5.24. The minimum atomic E-state index is -1.00. The normalized spacial score (nSPS) is 14.4. The van der Waals surface area contributed by atoms with Gasteiger partial charge in [0.2, 0.25) is 0 Å². The number of fused-ring (bicyclic) bond motifs is 1. The molecule has 1 saturated carbocycles. The van der Waals surface area contributed by atoms with Crippen LogP contribution in [-0.2, 0) is 16.6 Å². The summed E-state index contributed by atoms with van der Waals surface area (Å²) in [6, 6.07) is 22.3. The van der Waals surface area contributed by atoms with Crippen molar-refractivity contribution in [3.63, 3.8) is 0 Å². The molecule has 1 aromatic heterocycles. The van der Waals surface area contributed by atoms with Gasteiger partial charge in [-0.15, -0.1) is 0 Å². The number of benzene rings is 3. The zero-order valence-electron chi connectivity index (χ0n) is 26.1. The van der Waals surface area contributed by atoms with E-state index in [0.29, 0.717) is 29.6 Å². The average molecular weight is 595 g/mol. The van der Waals surface area contributed by atoms with Crippen LogP contribution in [0.25, 0.3) is 10.8 Å². The van der Waals surface area contributed by atoms with E-state index in [4.69, 9.17) is 14.5 Å². The number of pyridine rings is 1. The number of ether oxygens (including phenoxy) is 2. The Kier molecular flexibility index (Phi) is 9.52. The quantitative estimate of drug-likeness (QED) is 0.181. The number of hydrogen-bond acceptors (Lipinski definition) is 5. The largest absolute Gasteiger partial charge is 0.494 e. The van der Waals surface area contributed by atoms with Crippen LogP contribution in [0, 0.1) is 5.92 Å². The van der Waals surface area contributed by atoms with E-state index < -0.39 is 17.9 Å². The second-order valence-corrected chi connectivity index (χ2v) is 12.7. The van der Waals surface area contributed by atoms with Crippen LogP contribution < -0.4 is 14.8 Å². The number of rotatable bonds is 11. The third kappa shape index (κ3) is 7.76. The van der Waals surface area contributed by atoms with Crippen molar-refractivity contribution in [2.75, 3.05) is 6.61 Å². The second-order valence-electron chi connectivity index (χ2n) is 12.7. The summed E-state index contributed by atoms with van der Waals surface area (Å²) in [5.74, 6) is 1.27. The Labute approximate surface area is 259 Å². The molecular formula is C37H42N2O5. The Morgan fingerprint density at radius 2 is 1.59 bits per heavy atom. The Bertz CT molecular complexity index is 1600. The molecule has 0 radical (unpaired) electrons. The number of aliphatic carboxylic acids is 1. The number of nitrogens with one attached hydrogen (secondary N) is 1. The Morgan fingerprint density at radius 3 is 2.23 bits per heavy atom. The Morgan fingerprint density at radius 1 is 0.932 bits per heavy atom. The molecule has 44 heavy (non-hydrogen) atoms. The van der Waals surface area contributed by atoms with Gasteiger partial charge in [0, 0.05) is 11.1 Å². The summed E-state index contributed by atoms with van der Waals surface area (Å²) in [7, 11) is 0. The molecular weight excluding hydrogens is 552 g/mol. The van der Waals surface area contributed by atoms with E-state index in [-0.39, 0.29) is 17.5 Å². The van der Waals surface area contributed by atoms with Crippen molar-refractivity contribution in [1.82, 2.24) is 10.3 Å². The fraction of sp³-hybridized carbons (Fsp3) is 0.378. The van der Waals surface area contributed by atoms with E-state index in [2.05, 4.69) is 38.2 Å². The van der Waals surface area contributed by atoms with Crippen molar-refractivity contribution >= 4 is 22.6 Å². The molecule has 1 heterocycles. The van der Waals surface area contributed by atoms with Crippen LogP contribution in [0.2, 0.25) is 0 Å². The molecule has 1 fully saturated rings.